The minimum absolute atomic E-state index is 0.0282. The molecule has 1 aliphatic carbocycles. The van der Waals surface area contributed by atoms with Crippen LogP contribution in [0.25, 0.3) is 11.5 Å². The van der Waals surface area contributed by atoms with Crippen molar-refractivity contribution in [3.63, 3.8) is 0 Å². The molecular formula is C19H18N2O3. The molecule has 0 saturated carbocycles. The van der Waals surface area contributed by atoms with Crippen molar-refractivity contribution in [2.45, 2.75) is 31.7 Å². The molecule has 5 nitrogen and oxygen atoms in total. The highest BCUT2D eigenvalue weighted by molar-refractivity contribution is 5.78. The van der Waals surface area contributed by atoms with Crippen molar-refractivity contribution >= 4 is 5.91 Å². The third kappa shape index (κ3) is 2.97. The van der Waals surface area contributed by atoms with E-state index in [1.807, 2.05) is 36.4 Å². The van der Waals surface area contributed by atoms with E-state index in [-0.39, 0.29) is 18.4 Å². The fourth-order valence-electron chi connectivity index (χ4n) is 3.15. The first-order chi connectivity index (χ1) is 11.8. The number of carbonyl (C=O) groups excluding carboxylic acids is 1. The second-order valence-corrected chi connectivity index (χ2v) is 6.00. The van der Waals surface area contributed by atoms with Gasteiger partial charge in [0.05, 0.1) is 24.4 Å². The van der Waals surface area contributed by atoms with Gasteiger partial charge in [0.25, 0.3) is 0 Å². The minimum Gasteiger partial charge on any atom is -0.469 e. The number of rotatable bonds is 4. The predicted molar refractivity (Wildman–Crippen MR) is 88.2 cm³/mol. The van der Waals surface area contributed by atoms with E-state index < -0.39 is 0 Å². The number of nitrogens with zero attached hydrogens (tertiary/aromatic N) is 1. The number of hydrogen-bond acceptors (Lipinski definition) is 4. The highest BCUT2D eigenvalue weighted by Gasteiger charge is 2.24. The van der Waals surface area contributed by atoms with Crippen LogP contribution in [0.5, 0.6) is 0 Å². The lowest BCUT2D eigenvalue weighted by Gasteiger charge is -2.22. The molecule has 1 atom stereocenters. The van der Waals surface area contributed by atoms with Gasteiger partial charge in [0.1, 0.15) is 12.0 Å². The number of carbonyl (C=O) groups is 1. The highest BCUT2D eigenvalue weighted by Crippen LogP contribution is 2.30. The van der Waals surface area contributed by atoms with Crippen molar-refractivity contribution < 1.29 is 13.6 Å². The van der Waals surface area contributed by atoms with Gasteiger partial charge in [-0.2, -0.15) is 0 Å². The number of nitrogens with one attached hydrogen (secondary N) is 1. The van der Waals surface area contributed by atoms with Crippen LogP contribution in [0, 0.1) is 0 Å². The van der Waals surface area contributed by atoms with Gasteiger partial charge in [-0.05, 0) is 31.0 Å². The molecule has 2 heterocycles. The summed E-state index contributed by atoms with van der Waals surface area (Å²) >= 11 is 0. The lowest BCUT2D eigenvalue weighted by molar-refractivity contribution is -0.121. The van der Waals surface area contributed by atoms with Gasteiger partial charge in [-0.25, -0.2) is 4.98 Å². The normalized spacial score (nSPS) is 16.6. The second kappa shape index (κ2) is 6.35. The van der Waals surface area contributed by atoms with E-state index in [0.29, 0.717) is 11.6 Å². The molecule has 122 valence electrons. The Morgan fingerprint density at radius 3 is 2.96 bits per heavy atom. The van der Waals surface area contributed by atoms with Crippen LogP contribution in [-0.2, 0) is 17.6 Å². The topological polar surface area (TPSA) is 68.3 Å². The Bertz CT molecular complexity index is 835. The number of amides is 1. The number of fused-ring (bicyclic) bond motifs is 1. The van der Waals surface area contributed by atoms with Crippen molar-refractivity contribution in [2.24, 2.45) is 0 Å². The number of furan rings is 1. The molecule has 0 fully saturated rings. The van der Waals surface area contributed by atoms with Gasteiger partial charge >= 0.3 is 0 Å². The molecule has 0 aliphatic heterocycles. The molecule has 0 bridgehead atoms. The van der Waals surface area contributed by atoms with Crippen LogP contribution in [0.4, 0.5) is 0 Å². The Hall–Kier alpha value is -2.82. The molecule has 1 aromatic carbocycles. The zero-order chi connectivity index (χ0) is 16.4. The molecule has 2 aromatic heterocycles. The Balaban J connectivity index is 1.42. The van der Waals surface area contributed by atoms with Gasteiger partial charge < -0.3 is 14.2 Å². The first kappa shape index (κ1) is 14.8. The zero-order valence-electron chi connectivity index (χ0n) is 13.2. The smallest absolute Gasteiger partial charge is 0.226 e. The molecule has 0 saturated heterocycles. The van der Waals surface area contributed by atoms with Gasteiger partial charge in [-0.3, -0.25) is 4.79 Å². The molecule has 4 rings (SSSR count). The van der Waals surface area contributed by atoms with E-state index in [2.05, 4.69) is 10.3 Å². The highest BCUT2D eigenvalue weighted by atomic mass is 16.3. The molecule has 3 aromatic rings. The zero-order valence-corrected chi connectivity index (χ0v) is 13.2. The summed E-state index contributed by atoms with van der Waals surface area (Å²) in [6.45, 7) is 0. The number of hydrogen-bond donors (Lipinski definition) is 1. The van der Waals surface area contributed by atoms with E-state index in [4.69, 9.17) is 8.83 Å². The summed E-state index contributed by atoms with van der Waals surface area (Å²) < 4.78 is 10.9. The van der Waals surface area contributed by atoms with E-state index in [0.717, 1.165) is 36.1 Å². The van der Waals surface area contributed by atoms with Gasteiger partial charge in [-0.15, -0.1) is 0 Å². The predicted octanol–water partition coefficient (Wildman–Crippen LogP) is 3.67. The van der Waals surface area contributed by atoms with Crippen molar-refractivity contribution in [1.82, 2.24) is 10.3 Å². The second-order valence-electron chi connectivity index (χ2n) is 6.00. The van der Waals surface area contributed by atoms with Gasteiger partial charge in [-0.1, -0.05) is 18.2 Å². The maximum absolute atomic E-state index is 12.3. The first-order valence-corrected chi connectivity index (χ1v) is 8.15. The Morgan fingerprint density at radius 1 is 1.21 bits per heavy atom. The third-order valence-corrected chi connectivity index (χ3v) is 4.30. The SMILES string of the molecule is O=C(Cc1coc(-c2ccccc2)n1)N[C@H]1CCCc2occc21. The molecule has 0 spiro atoms. The van der Waals surface area contributed by atoms with Gasteiger partial charge in [0.2, 0.25) is 11.8 Å². The average Bonchev–Trinajstić information content (AvgIpc) is 3.25. The summed E-state index contributed by atoms with van der Waals surface area (Å²) in [5.41, 5.74) is 2.63. The maximum atomic E-state index is 12.3. The monoisotopic (exact) mass is 322 g/mol. The molecule has 0 radical (unpaired) electrons. The van der Waals surface area contributed by atoms with Crippen LogP contribution >= 0.6 is 0 Å². The maximum Gasteiger partial charge on any atom is 0.226 e. The number of aryl methyl sites for hydroxylation is 1. The lowest BCUT2D eigenvalue weighted by Crippen LogP contribution is -2.31. The lowest BCUT2D eigenvalue weighted by atomic mass is 9.93. The molecule has 0 unspecified atom stereocenters. The van der Waals surface area contributed by atoms with Crippen molar-refractivity contribution in [3.05, 3.63) is 65.9 Å². The Morgan fingerprint density at radius 2 is 2.08 bits per heavy atom. The van der Waals surface area contributed by atoms with Crippen LogP contribution in [0.1, 0.15) is 35.9 Å². The molecule has 1 amide bonds. The van der Waals surface area contributed by atoms with Crippen LogP contribution in [-0.4, -0.2) is 10.9 Å². The van der Waals surface area contributed by atoms with Crippen molar-refractivity contribution in [3.8, 4) is 11.5 Å². The molecule has 5 heteroatoms. The third-order valence-electron chi connectivity index (χ3n) is 4.30. The van der Waals surface area contributed by atoms with Crippen molar-refractivity contribution in [2.75, 3.05) is 0 Å². The van der Waals surface area contributed by atoms with E-state index in [1.165, 1.54) is 0 Å². The molecule has 1 aliphatic rings. The Labute approximate surface area is 139 Å². The Kier molecular flexibility index (Phi) is 3.91. The van der Waals surface area contributed by atoms with E-state index in [1.54, 1.807) is 12.5 Å². The first-order valence-electron chi connectivity index (χ1n) is 8.15. The van der Waals surface area contributed by atoms with Gasteiger partial charge in [0.15, 0.2) is 0 Å². The molecular weight excluding hydrogens is 304 g/mol. The molecule has 24 heavy (non-hydrogen) atoms. The summed E-state index contributed by atoms with van der Waals surface area (Å²) in [6.07, 6.45) is 6.35. The van der Waals surface area contributed by atoms with Gasteiger partial charge in [0, 0.05) is 17.5 Å². The largest absolute Gasteiger partial charge is 0.469 e. The van der Waals surface area contributed by atoms with Crippen LogP contribution in [0.2, 0.25) is 0 Å². The molecule has 1 N–H and O–H groups in total. The van der Waals surface area contributed by atoms with E-state index in [9.17, 15) is 4.79 Å². The summed E-state index contributed by atoms with van der Waals surface area (Å²) in [5, 5.41) is 3.08. The van der Waals surface area contributed by atoms with Crippen LogP contribution < -0.4 is 5.32 Å². The van der Waals surface area contributed by atoms with E-state index >= 15 is 0 Å². The minimum atomic E-state index is -0.0537. The average molecular weight is 322 g/mol. The van der Waals surface area contributed by atoms with Crippen LogP contribution in [0.15, 0.2) is 57.8 Å². The summed E-state index contributed by atoms with van der Waals surface area (Å²) in [6, 6.07) is 11.6. The fraction of sp³-hybridized carbons (Fsp3) is 0.263. The van der Waals surface area contributed by atoms with Crippen LogP contribution in [0.3, 0.4) is 0 Å². The fourth-order valence-corrected chi connectivity index (χ4v) is 3.15. The quantitative estimate of drug-likeness (QED) is 0.796. The number of aromatic nitrogens is 1. The number of benzene rings is 1. The van der Waals surface area contributed by atoms with Crippen molar-refractivity contribution in [1.29, 1.82) is 0 Å². The summed E-state index contributed by atoms with van der Waals surface area (Å²) in [7, 11) is 0. The number of oxazole rings is 1. The standard InChI is InChI=1S/C19H18N2O3/c22-18(21-16-7-4-8-17-15(16)9-10-23-17)11-14-12-24-19(20-14)13-5-2-1-3-6-13/h1-3,5-6,9-10,12,16H,4,7-8,11H2,(H,21,22)/t16-/m0/s1. The summed E-state index contributed by atoms with van der Waals surface area (Å²) in [4.78, 5) is 16.7. The summed E-state index contributed by atoms with van der Waals surface area (Å²) in [5.74, 6) is 1.47.